The zero-order chi connectivity index (χ0) is 28.5. The van der Waals surface area contributed by atoms with Gasteiger partial charge in [0.05, 0.1) is 31.6 Å². The summed E-state index contributed by atoms with van der Waals surface area (Å²) >= 11 is 0. The monoisotopic (exact) mass is 569 g/mol. The van der Waals surface area contributed by atoms with Crippen LogP contribution in [-0.2, 0) is 16.3 Å². The predicted octanol–water partition coefficient (Wildman–Crippen LogP) is 4.38. The fraction of sp³-hybridized carbons (Fsp3) is 0.581. The van der Waals surface area contributed by atoms with Gasteiger partial charge in [0, 0.05) is 38.0 Å². The highest BCUT2D eigenvalue weighted by molar-refractivity contribution is 7.91. The summed E-state index contributed by atoms with van der Waals surface area (Å²) in [7, 11) is 0.345. The van der Waals surface area contributed by atoms with E-state index in [0.29, 0.717) is 35.3 Å². The molecule has 2 aliphatic rings. The van der Waals surface area contributed by atoms with Crippen molar-refractivity contribution in [1.82, 2.24) is 9.80 Å². The standard InChI is InChI=1S/C31H43N3O5S/c1-4-40(35,36)16-6-15-33-20-26-17-27(21-33)23-34(22-26)31(8-5-7-24-9-11-25(19-32)12-10-24)39-28-13-14-29(37-2)30(18-28)38-3/h9-14,18,26-27,31H,4-8,15-17,20-23H2,1-3H3. The molecule has 9 heteroatoms. The van der Waals surface area contributed by atoms with Crippen LogP contribution in [0.2, 0.25) is 0 Å². The van der Waals surface area contributed by atoms with E-state index in [1.165, 1.54) is 12.0 Å². The molecule has 0 saturated carbocycles. The highest BCUT2D eigenvalue weighted by atomic mass is 32.2. The van der Waals surface area contributed by atoms with Gasteiger partial charge in [0.15, 0.2) is 17.7 Å². The smallest absolute Gasteiger partial charge is 0.164 e. The second-order valence-electron chi connectivity index (χ2n) is 11.1. The Morgan fingerprint density at radius 1 is 0.975 bits per heavy atom. The summed E-state index contributed by atoms with van der Waals surface area (Å²) in [4.78, 5) is 4.98. The summed E-state index contributed by atoms with van der Waals surface area (Å²) in [6.07, 6.45) is 4.63. The molecule has 2 aromatic rings. The van der Waals surface area contributed by atoms with Gasteiger partial charge in [-0.15, -0.1) is 0 Å². The predicted molar refractivity (Wildman–Crippen MR) is 157 cm³/mol. The topological polar surface area (TPSA) is 92.1 Å². The van der Waals surface area contributed by atoms with Gasteiger partial charge in [-0.3, -0.25) is 4.90 Å². The van der Waals surface area contributed by atoms with E-state index in [1.807, 2.05) is 42.5 Å². The molecule has 218 valence electrons. The lowest BCUT2D eigenvalue weighted by atomic mass is 9.84. The van der Waals surface area contributed by atoms with Gasteiger partial charge in [-0.25, -0.2) is 8.42 Å². The second-order valence-corrected chi connectivity index (χ2v) is 13.5. The van der Waals surface area contributed by atoms with Crippen LogP contribution in [0, 0.1) is 23.2 Å². The van der Waals surface area contributed by atoms with E-state index < -0.39 is 9.84 Å². The van der Waals surface area contributed by atoms with E-state index in [9.17, 15) is 8.42 Å². The number of likely N-dealkylation sites (tertiary alicyclic amines) is 2. The van der Waals surface area contributed by atoms with Crippen molar-refractivity contribution in [3.8, 4) is 23.3 Å². The lowest BCUT2D eigenvalue weighted by Gasteiger charge is -2.48. The van der Waals surface area contributed by atoms with Crippen molar-refractivity contribution in [2.75, 3.05) is 58.4 Å². The Bertz CT molecular complexity index is 1230. The van der Waals surface area contributed by atoms with Crippen molar-refractivity contribution >= 4 is 9.84 Å². The van der Waals surface area contributed by atoms with Crippen LogP contribution >= 0.6 is 0 Å². The third kappa shape index (κ3) is 8.35. The minimum absolute atomic E-state index is 0.0666. The third-order valence-corrected chi connectivity index (χ3v) is 9.88. The minimum atomic E-state index is -2.91. The summed E-state index contributed by atoms with van der Waals surface area (Å²) in [5, 5.41) is 9.09. The first-order valence-electron chi connectivity index (χ1n) is 14.4. The number of ether oxygens (including phenoxy) is 3. The molecule has 2 bridgehead atoms. The lowest BCUT2D eigenvalue weighted by molar-refractivity contribution is -0.0540. The highest BCUT2D eigenvalue weighted by Gasteiger charge is 2.37. The van der Waals surface area contributed by atoms with Crippen LogP contribution < -0.4 is 14.2 Å². The number of rotatable bonds is 14. The molecule has 40 heavy (non-hydrogen) atoms. The Hall–Kier alpha value is -2.80. The Kier molecular flexibility index (Phi) is 10.7. The first kappa shape index (κ1) is 30.2. The van der Waals surface area contributed by atoms with Crippen molar-refractivity contribution in [2.24, 2.45) is 11.8 Å². The molecular weight excluding hydrogens is 526 g/mol. The zero-order valence-electron chi connectivity index (χ0n) is 24.0. The van der Waals surface area contributed by atoms with E-state index >= 15 is 0 Å². The summed E-state index contributed by atoms with van der Waals surface area (Å²) < 4.78 is 41.4. The van der Waals surface area contributed by atoms with Crippen molar-refractivity contribution < 1.29 is 22.6 Å². The Balaban J connectivity index is 1.41. The van der Waals surface area contributed by atoms with Crippen LogP contribution in [-0.4, -0.2) is 82.9 Å². The van der Waals surface area contributed by atoms with Crippen LogP contribution in [0.3, 0.4) is 0 Å². The van der Waals surface area contributed by atoms with Crippen LogP contribution in [0.4, 0.5) is 0 Å². The number of fused-ring (bicyclic) bond motifs is 2. The highest BCUT2D eigenvalue weighted by Crippen LogP contribution is 2.34. The summed E-state index contributed by atoms with van der Waals surface area (Å²) in [5.41, 5.74) is 1.90. The lowest BCUT2D eigenvalue weighted by Crippen LogP contribution is -2.56. The largest absolute Gasteiger partial charge is 0.493 e. The molecular formula is C31H43N3O5S. The minimum Gasteiger partial charge on any atom is -0.493 e. The molecule has 4 rings (SSSR count). The van der Waals surface area contributed by atoms with Crippen molar-refractivity contribution in [3.05, 3.63) is 53.6 Å². The molecule has 2 heterocycles. The number of benzene rings is 2. The average Bonchev–Trinajstić information content (AvgIpc) is 2.96. The van der Waals surface area contributed by atoms with Crippen molar-refractivity contribution in [1.29, 1.82) is 5.26 Å². The van der Waals surface area contributed by atoms with Crippen molar-refractivity contribution in [3.63, 3.8) is 0 Å². The van der Waals surface area contributed by atoms with E-state index in [2.05, 4.69) is 15.9 Å². The van der Waals surface area contributed by atoms with Gasteiger partial charge in [-0.05, 0) is 80.3 Å². The molecule has 0 radical (unpaired) electrons. The number of nitriles is 1. The fourth-order valence-corrected chi connectivity index (χ4v) is 6.95. The van der Waals surface area contributed by atoms with Gasteiger partial charge < -0.3 is 19.1 Å². The molecule has 0 amide bonds. The Labute approximate surface area is 239 Å². The molecule has 0 N–H and O–H groups in total. The molecule has 3 unspecified atom stereocenters. The number of methoxy groups -OCH3 is 2. The van der Waals surface area contributed by atoms with E-state index in [4.69, 9.17) is 19.5 Å². The van der Waals surface area contributed by atoms with Gasteiger partial charge >= 0.3 is 0 Å². The molecule has 2 saturated heterocycles. The summed E-state index contributed by atoms with van der Waals surface area (Å²) in [5.74, 6) is 3.67. The number of nitrogens with zero attached hydrogens (tertiary/aromatic N) is 3. The Morgan fingerprint density at radius 3 is 2.30 bits per heavy atom. The van der Waals surface area contributed by atoms with Gasteiger partial charge in [0.2, 0.25) is 0 Å². The first-order valence-corrected chi connectivity index (χ1v) is 16.2. The number of sulfone groups is 1. The summed E-state index contributed by atoms with van der Waals surface area (Å²) in [6.45, 7) is 6.52. The zero-order valence-corrected chi connectivity index (χ0v) is 24.9. The first-order chi connectivity index (χ1) is 19.3. The average molecular weight is 570 g/mol. The van der Waals surface area contributed by atoms with Crippen molar-refractivity contribution in [2.45, 2.75) is 45.3 Å². The van der Waals surface area contributed by atoms with Gasteiger partial charge in [-0.2, -0.15) is 5.26 Å². The van der Waals surface area contributed by atoms with E-state index in [-0.39, 0.29) is 17.7 Å². The van der Waals surface area contributed by atoms with Crippen LogP contribution in [0.5, 0.6) is 17.2 Å². The van der Waals surface area contributed by atoms with Gasteiger partial charge in [0.1, 0.15) is 15.6 Å². The van der Waals surface area contributed by atoms with Crippen LogP contribution in [0.25, 0.3) is 0 Å². The maximum absolute atomic E-state index is 11.9. The molecule has 0 aromatic heterocycles. The number of hydrogen-bond acceptors (Lipinski definition) is 8. The quantitative estimate of drug-likeness (QED) is 0.331. The number of aryl methyl sites for hydroxylation is 1. The number of piperidine rings is 2. The SMILES string of the molecule is CCS(=O)(=O)CCCN1CC2CC(C1)CN(C(CCCc1ccc(C#N)cc1)Oc1ccc(OC)c(OC)c1)C2. The summed E-state index contributed by atoms with van der Waals surface area (Å²) in [6, 6.07) is 15.7. The van der Waals surface area contributed by atoms with Crippen LogP contribution in [0.15, 0.2) is 42.5 Å². The molecule has 2 aromatic carbocycles. The van der Waals surface area contributed by atoms with E-state index in [1.54, 1.807) is 21.1 Å². The normalized spacial score (nSPS) is 20.4. The molecule has 3 atom stereocenters. The molecule has 8 nitrogen and oxygen atoms in total. The van der Waals surface area contributed by atoms with Gasteiger partial charge in [-0.1, -0.05) is 19.1 Å². The van der Waals surface area contributed by atoms with Gasteiger partial charge in [0.25, 0.3) is 0 Å². The second kappa shape index (κ2) is 14.2. The Morgan fingerprint density at radius 2 is 1.68 bits per heavy atom. The molecule has 0 aliphatic carbocycles. The van der Waals surface area contributed by atoms with E-state index in [0.717, 1.165) is 57.7 Å². The molecule has 2 fully saturated rings. The fourth-order valence-electron chi connectivity index (χ4n) is 6.09. The molecule has 0 spiro atoms. The maximum atomic E-state index is 11.9. The molecule has 2 aliphatic heterocycles. The van der Waals surface area contributed by atoms with Crippen LogP contribution in [0.1, 0.15) is 43.7 Å². The maximum Gasteiger partial charge on any atom is 0.164 e. The third-order valence-electron chi connectivity index (χ3n) is 8.09. The number of hydrogen-bond donors (Lipinski definition) is 0.